The number of aromatic nitrogens is 1. The monoisotopic (exact) mass is 243 g/mol. The van der Waals surface area contributed by atoms with Crippen LogP contribution in [-0.2, 0) is 7.05 Å². The maximum atomic E-state index is 11.6. The Kier molecular flexibility index (Phi) is 4.19. The molecule has 6 nitrogen and oxygen atoms in total. The van der Waals surface area contributed by atoms with Crippen LogP contribution in [0.3, 0.4) is 0 Å². The third kappa shape index (κ3) is 3.47. The van der Waals surface area contributed by atoms with E-state index < -0.39 is 0 Å². The van der Waals surface area contributed by atoms with E-state index in [1.807, 2.05) is 0 Å². The van der Waals surface area contributed by atoms with Gasteiger partial charge in [0.25, 0.3) is 5.91 Å². The fourth-order valence-corrected chi connectivity index (χ4v) is 1.44. The normalized spacial score (nSPS) is 9.88. The number of hydrogen-bond acceptors (Lipinski definition) is 2. The van der Waals surface area contributed by atoms with Gasteiger partial charge in [-0.15, -0.1) is 0 Å². The zero-order chi connectivity index (χ0) is 12.1. The summed E-state index contributed by atoms with van der Waals surface area (Å²) in [5.41, 5.74) is 10.8. The molecular formula is C9H14ClN5O. The van der Waals surface area contributed by atoms with Crippen molar-refractivity contribution in [2.75, 3.05) is 13.1 Å². The Hall–Kier alpha value is -1.69. The van der Waals surface area contributed by atoms with Crippen molar-refractivity contribution < 1.29 is 4.79 Å². The van der Waals surface area contributed by atoms with Gasteiger partial charge in [0.15, 0.2) is 5.96 Å². The summed E-state index contributed by atoms with van der Waals surface area (Å²) in [5.74, 6) is -0.198. The third-order valence-electron chi connectivity index (χ3n) is 1.90. The number of guanidine groups is 1. The molecule has 0 aliphatic rings. The van der Waals surface area contributed by atoms with Gasteiger partial charge < -0.3 is 21.4 Å². The lowest BCUT2D eigenvalue weighted by Gasteiger charge is -2.04. The second-order valence-corrected chi connectivity index (χ2v) is 3.65. The Bertz CT molecular complexity index is 408. The molecule has 0 aliphatic carbocycles. The van der Waals surface area contributed by atoms with Crippen molar-refractivity contribution in [2.45, 2.75) is 0 Å². The number of carbonyl (C=O) groups excluding carboxylic acids is 1. The van der Waals surface area contributed by atoms with Gasteiger partial charge in [0.05, 0.1) is 11.6 Å². The standard InChI is InChI=1S/C9H14ClN5O/c1-15-5-6(10)4-7(15)8(16)13-2-3-14-9(11)12/h4-5H,2-3H2,1H3,(H,13,16)(H4,11,12,14). The number of aliphatic imine (C=N–C) groups is 1. The fraction of sp³-hybridized carbons (Fsp3) is 0.333. The molecule has 1 rings (SSSR count). The van der Waals surface area contributed by atoms with E-state index in [1.54, 1.807) is 23.9 Å². The Balaban J connectivity index is 2.47. The summed E-state index contributed by atoms with van der Waals surface area (Å²) in [4.78, 5) is 15.4. The molecule has 0 atom stereocenters. The molecule has 0 unspecified atom stereocenters. The van der Waals surface area contributed by atoms with Crippen LogP contribution in [-0.4, -0.2) is 29.5 Å². The number of nitrogens with one attached hydrogen (secondary N) is 1. The van der Waals surface area contributed by atoms with Crippen LogP contribution in [0.25, 0.3) is 0 Å². The molecule has 1 heterocycles. The number of nitrogens with zero attached hydrogens (tertiary/aromatic N) is 2. The molecule has 7 heteroatoms. The van der Waals surface area contributed by atoms with Crippen LogP contribution in [0.2, 0.25) is 5.02 Å². The smallest absolute Gasteiger partial charge is 0.268 e. The highest BCUT2D eigenvalue weighted by atomic mass is 35.5. The molecule has 5 N–H and O–H groups in total. The lowest BCUT2D eigenvalue weighted by atomic mass is 10.4. The molecular weight excluding hydrogens is 230 g/mol. The summed E-state index contributed by atoms with van der Waals surface area (Å²) >= 11 is 5.76. The number of amides is 1. The zero-order valence-corrected chi connectivity index (χ0v) is 9.66. The minimum absolute atomic E-state index is 0.0103. The van der Waals surface area contributed by atoms with Gasteiger partial charge in [-0.3, -0.25) is 9.79 Å². The molecule has 1 aromatic rings. The lowest BCUT2D eigenvalue weighted by molar-refractivity contribution is 0.0946. The van der Waals surface area contributed by atoms with E-state index in [9.17, 15) is 4.79 Å². The highest BCUT2D eigenvalue weighted by Crippen LogP contribution is 2.12. The van der Waals surface area contributed by atoms with E-state index in [0.29, 0.717) is 23.8 Å². The first-order chi connectivity index (χ1) is 7.50. The summed E-state index contributed by atoms with van der Waals surface area (Å²) in [6.07, 6.45) is 1.66. The highest BCUT2D eigenvalue weighted by Gasteiger charge is 2.09. The number of hydrogen-bond donors (Lipinski definition) is 3. The molecule has 88 valence electrons. The van der Waals surface area contributed by atoms with Crippen molar-refractivity contribution in [1.82, 2.24) is 9.88 Å². The first kappa shape index (κ1) is 12.4. The second-order valence-electron chi connectivity index (χ2n) is 3.22. The van der Waals surface area contributed by atoms with Crippen LogP contribution in [0.15, 0.2) is 17.3 Å². The predicted molar refractivity (Wildman–Crippen MR) is 63.4 cm³/mol. The number of halogens is 1. The first-order valence-corrected chi connectivity index (χ1v) is 5.04. The maximum absolute atomic E-state index is 11.6. The molecule has 0 aromatic carbocycles. The predicted octanol–water partition coefficient (Wildman–Crippen LogP) is -0.318. The van der Waals surface area contributed by atoms with Gasteiger partial charge in [-0.25, -0.2) is 0 Å². The number of carbonyl (C=O) groups is 1. The van der Waals surface area contributed by atoms with E-state index in [1.165, 1.54) is 0 Å². The Morgan fingerprint density at radius 3 is 2.81 bits per heavy atom. The average molecular weight is 244 g/mol. The quantitative estimate of drug-likeness (QED) is 0.384. The van der Waals surface area contributed by atoms with Crippen molar-refractivity contribution >= 4 is 23.5 Å². The van der Waals surface area contributed by atoms with E-state index in [-0.39, 0.29) is 11.9 Å². The Labute approximate surface area is 98.3 Å². The van der Waals surface area contributed by atoms with Crippen molar-refractivity contribution in [3.63, 3.8) is 0 Å². The lowest BCUT2D eigenvalue weighted by Crippen LogP contribution is -2.29. The molecule has 0 saturated heterocycles. The van der Waals surface area contributed by atoms with Crippen molar-refractivity contribution in [1.29, 1.82) is 0 Å². The number of nitrogens with two attached hydrogens (primary N) is 2. The molecule has 0 spiro atoms. The van der Waals surface area contributed by atoms with Gasteiger partial charge in [-0.05, 0) is 6.07 Å². The number of aryl methyl sites for hydroxylation is 1. The van der Waals surface area contributed by atoms with E-state index >= 15 is 0 Å². The van der Waals surface area contributed by atoms with Gasteiger partial charge >= 0.3 is 0 Å². The van der Waals surface area contributed by atoms with Crippen LogP contribution >= 0.6 is 11.6 Å². The first-order valence-electron chi connectivity index (χ1n) is 4.66. The molecule has 0 radical (unpaired) electrons. The SMILES string of the molecule is Cn1cc(Cl)cc1C(=O)NCCN=C(N)N. The molecule has 0 bridgehead atoms. The minimum Gasteiger partial charge on any atom is -0.370 e. The summed E-state index contributed by atoms with van der Waals surface area (Å²) < 4.78 is 1.65. The van der Waals surface area contributed by atoms with Crippen LogP contribution in [0, 0.1) is 0 Å². The van der Waals surface area contributed by atoms with E-state index in [2.05, 4.69) is 10.3 Å². The zero-order valence-electron chi connectivity index (χ0n) is 8.90. The minimum atomic E-state index is -0.208. The maximum Gasteiger partial charge on any atom is 0.268 e. The van der Waals surface area contributed by atoms with Gasteiger partial charge in [-0.2, -0.15) is 0 Å². The van der Waals surface area contributed by atoms with Gasteiger partial charge in [0.2, 0.25) is 0 Å². The largest absolute Gasteiger partial charge is 0.370 e. The Morgan fingerprint density at radius 1 is 1.62 bits per heavy atom. The molecule has 1 amide bonds. The third-order valence-corrected chi connectivity index (χ3v) is 2.10. The fourth-order valence-electron chi connectivity index (χ4n) is 1.19. The molecule has 16 heavy (non-hydrogen) atoms. The second kappa shape index (κ2) is 5.41. The van der Waals surface area contributed by atoms with Crippen molar-refractivity contribution in [3.8, 4) is 0 Å². The van der Waals surface area contributed by atoms with E-state index in [0.717, 1.165) is 0 Å². The molecule has 0 saturated carbocycles. The number of rotatable bonds is 4. The average Bonchev–Trinajstić information content (AvgIpc) is 2.52. The summed E-state index contributed by atoms with van der Waals surface area (Å²) in [6.45, 7) is 0.728. The van der Waals surface area contributed by atoms with Crippen molar-refractivity contribution in [2.24, 2.45) is 23.5 Å². The summed E-state index contributed by atoms with van der Waals surface area (Å²) in [5, 5.41) is 3.20. The van der Waals surface area contributed by atoms with E-state index in [4.69, 9.17) is 23.1 Å². The van der Waals surface area contributed by atoms with Crippen LogP contribution in [0.4, 0.5) is 0 Å². The van der Waals surface area contributed by atoms with Crippen LogP contribution in [0.5, 0.6) is 0 Å². The molecule has 0 fully saturated rings. The topological polar surface area (TPSA) is 98.4 Å². The highest BCUT2D eigenvalue weighted by molar-refractivity contribution is 6.31. The van der Waals surface area contributed by atoms with Crippen LogP contribution < -0.4 is 16.8 Å². The van der Waals surface area contributed by atoms with Gasteiger partial charge in [-0.1, -0.05) is 11.6 Å². The molecule has 1 aromatic heterocycles. The van der Waals surface area contributed by atoms with Gasteiger partial charge in [0.1, 0.15) is 5.69 Å². The summed E-state index contributed by atoms with van der Waals surface area (Å²) in [7, 11) is 1.75. The molecule has 0 aliphatic heterocycles. The van der Waals surface area contributed by atoms with Crippen molar-refractivity contribution in [3.05, 3.63) is 23.0 Å². The Morgan fingerprint density at radius 2 is 2.31 bits per heavy atom. The van der Waals surface area contributed by atoms with Gasteiger partial charge in [0, 0.05) is 19.8 Å². The summed E-state index contributed by atoms with van der Waals surface area (Å²) in [6, 6.07) is 1.59. The van der Waals surface area contributed by atoms with Crippen LogP contribution in [0.1, 0.15) is 10.5 Å².